The highest BCUT2D eigenvalue weighted by atomic mass is 19.1. The molecular weight excluding hydrogens is 423 g/mol. The van der Waals surface area contributed by atoms with Gasteiger partial charge >= 0.3 is 0 Å². The molecule has 184 valence electrons. The number of aromatic nitrogens is 1. The number of benzene rings is 1. The van der Waals surface area contributed by atoms with E-state index in [0.29, 0.717) is 5.92 Å². The standard InChI is InChI=1S/C25H31FN2.2C2H5N/c1-6-18(5)24-16-22(15-10-19(7-2)17-27-9-4)28-25(23(24)8-3)20-11-13-21(26)14-12-20;2*1-2-3/h7,9,11-14,16-18H,4,6,8,10,15H2,1-3,5H3;2*2H,1,3H2/b19-7-,27-17?;;. The summed E-state index contributed by atoms with van der Waals surface area (Å²) < 4.78 is 13.4. The van der Waals surface area contributed by atoms with Gasteiger partial charge in [0.15, 0.2) is 0 Å². The average molecular weight is 465 g/mol. The normalized spacial score (nSPS) is 11.5. The molecule has 0 radical (unpaired) electrons. The molecule has 0 aliphatic rings. The molecule has 1 unspecified atom stereocenters. The van der Waals surface area contributed by atoms with Gasteiger partial charge in [-0.25, -0.2) is 4.39 Å². The van der Waals surface area contributed by atoms with E-state index in [1.165, 1.54) is 35.7 Å². The lowest BCUT2D eigenvalue weighted by Gasteiger charge is -2.20. The Morgan fingerprint density at radius 1 is 1.12 bits per heavy atom. The summed E-state index contributed by atoms with van der Waals surface area (Å²) >= 11 is 0. The number of aliphatic imine (C=N–C) groups is 1. The lowest BCUT2D eigenvalue weighted by Crippen LogP contribution is -2.06. The van der Waals surface area contributed by atoms with Crippen LogP contribution in [0.3, 0.4) is 0 Å². The largest absolute Gasteiger partial charge is 0.405 e. The SMILES string of the molecule is C=CN.C=CN.C=CN=C/C(=C\C)CCc1cc(C(C)CC)c(CC)c(-c2ccc(F)cc2)n1. The first-order valence-electron chi connectivity index (χ1n) is 11.6. The van der Waals surface area contributed by atoms with Crippen molar-refractivity contribution in [3.8, 4) is 11.3 Å². The van der Waals surface area contributed by atoms with Gasteiger partial charge in [0.05, 0.1) is 5.69 Å². The van der Waals surface area contributed by atoms with Gasteiger partial charge in [-0.2, -0.15) is 0 Å². The molecule has 1 atom stereocenters. The minimum Gasteiger partial charge on any atom is -0.405 e. The van der Waals surface area contributed by atoms with Gasteiger partial charge in [0.25, 0.3) is 0 Å². The Bertz CT molecular complexity index is 937. The zero-order chi connectivity index (χ0) is 25.9. The molecule has 2 rings (SSSR count). The van der Waals surface area contributed by atoms with Gasteiger partial charge in [-0.3, -0.25) is 9.98 Å². The van der Waals surface area contributed by atoms with Crippen molar-refractivity contribution in [2.45, 2.75) is 59.3 Å². The second-order valence-corrected chi connectivity index (χ2v) is 7.50. The summed E-state index contributed by atoms with van der Waals surface area (Å²) in [5, 5.41) is 0. The molecule has 1 aromatic carbocycles. The first-order chi connectivity index (χ1) is 16.4. The summed E-state index contributed by atoms with van der Waals surface area (Å²) in [4.78, 5) is 9.12. The minimum absolute atomic E-state index is 0.223. The molecule has 0 aliphatic heterocycles. The lowest BCUT2D eigenvalue weighted by atomic mass is 9.89. The van der Waals surface area contributed by atoms with E-state index in [1.54, 1.807) is 6.20 Å². The fourth-order valence-corrected chi connectivity index (χ4v) is 3.36. The van der Waals surface area contributed by atoms with Crippen LogP contribution in [-0.4, -0.2) is 11.2 Å². The molecule has 0 bridgehead atoms. The van der Waals surface area contributed by atoms with Gasteiger partial charge in [-0.05, 0) is 98.0 Å². The predicted octanol–water partition coefficient (Wildman–Crippen LogP) is 7.23. The molecule has 1 aromatic heterocycles. The Kier molecular flexibility index (Phi) is 16.2. The van der Waals surface area contributed by atoms with E-state index in [4.69, 9.17) is 4.98 Å². The zero-order valence-corrected chi connectivity index (χ0v) is 21.2. The number of halogens is 1. The highest BCUT2D eigenvalue weighted by Crippen LogP contribution is 2.32. The summed E-state index contributed by atoms with van der Waals surface area (Å²) in [6.07, 6.45) is 11.7. The van der Waals surface area contributed by atoms with Crippen LogP contribution in [-0.2, 0) is 12.8 Å². The number of hydrogen-bond acceptors (Lipinski definition) is 4. The second kappa shape index (κ2) is 18.0. The van der Waals surface area contributed by atoms with Gasteiger partial charge in [-0.15, -0.1) is 0 Å². The molecule has 0 amide bonds. The van der Waals surface area contributed by atoms with Crippen LogP contribution in [0.25, 0.3) is 11.3 Å². The Labute approximate surface area is 205 Å². The zero-order valence-electron chi connectivity index (χ0n) is 21.2. The Morgan fingerprint density at radius 3 is 2.18 bits per heavy atom. The van der Waals surface area contributed by atoms with Gasteiger partial charge in [0, 0.05) is 23.7 Å². The lowest BCUT2D eigenvalue weighted by molar-refractivity contribution is 0.628. The monoisotopic (exact) mass is 464 g/mol. The third kappa shape index (κ3) is 10.4. The molecule has 0 saturated heterocycles. The Hall–Kier alpha value is -3.47. The summed E-state index contributed by atoms with van der Waals surface area (Å²) in [6, 6.07) is 8.94. The van der Waals surface area contributed by atoms with Gasteiger partial charge in [0.2, 0.25) is 0 Å². The molecule has 0 spiro atoms. The number of pyridine rings is 1. The number of rotatable bonds is 9. The van der Waals surface area contributed by atoms with Crippen molar-refractivity contribution >= 4 is 6.21 Å². The molecule has 34 heavy (non-hydrogen) atoms. The Balaban J connectivity index is 0.00000164. The average Bonchev–Trinajstić information content (AvgIpc) is 2.84. The van der Waals surface area contributed by atoms with E-state index >= 15 is 0 Å². The summed E-state index contributed by atoms with van der Waals surface area (Å²) in [7, 11) is 0. The van der Waals surface area contributed by atoms with Crippen molar-refractivity contribution in [1.82, 2.24) is 4.98 Å². The van der Waals surface area contributed by atoms with Gasteiger partial charge < -0.3 is 11.5 Å². The fraction of sp³-hybridized carbons (Fsp3) is 0.310. The van der Waals surface area contributed by atoms with Crippen LogP contribution in [0.5, 0.6) is 0 Å². The van der Waals surface area contributed by atoms with Crippen LogP contribution in [0.4, 0.5) is 4.39 Å². The quantitative estimate of drug-likeness (QED) is 0.384. The van der Waals surface area contributed by atoms with E-state index in [1.807, 2.05) is 25.3 Å². The number of aryl methyl sites for hydroxylation is 1. The molecule has 0 saturated carbocycles. The number of allylic oxidation sites excluding steroid dienone is 2. The van der Waals surface area contributed by atoms with E-state index in [0.717, 1.165) is 48.2 Å². The van der Waals surface area contributed by atoms with E-state index in [9.17, 15) is 4.39 Å². The second-order valence-electron chi connectivity index (χ2n) is 7.50. The van der Waals surface area contributed by atoms with Crippen LogP contribution in [0, 0.1) is 5.82 Å². The molecular formula is C29H41FN4. The first kappa shape index (κ1) is 30.5. The summed E-state index contributed by atoms with van der Waals surface area (Å²) in [5.41, 5.74) is 16.0. The highest BCUT2D eigenvalue weighted by Gasteiger charge is 2.17. The van der Waals surface area contributed by atoms with Crippen molar-refractivity contribution in [2.75, 3.05) is 0 Å². The van der Waals surface area contributed by atoms with E-state index in [-0.39, 0.29) is 5.82 Å². The predicted molar refractivity (Wildman–Crippen MR) is 147 cm³/mol. The molecule has 4 nitrogen and oxygen atoms in total. The first-order valence-corrected chi connectivity index (χ1v) is 11.6. The van der Waals surface area contributed by atoms with Gasteiger partial charge in [0.1, 0.15) is 5.82 Å². The minimum atomic E-state index is -0.223. The van der Waals surface area contributed by atoms with Crippen LogP contribution in [0.1, 0.15) is 63.3 Å². The molecule has 0 fully saturated rings. The number of nitrogens with zero attached hydrogens (tertiary/aromatic N) is 2. The molecule has 4 N–H and O–H groups in total. The maximum absolute atomic E-state index is 13.4. The number of hydrogen-bond donors (Lipinski definition) is 2. The van der Waals surface area contributed by atoms with Crippen molar-refractivity contribution < 1.29 is 4.39 Å². The van der Waals surface area contributed by atoms with Gasteiger partial charge in [-0.1, -0.05) is 46.6 Å². The third-order valence-corrected chi connectivity index (χ3v) is 5.21. The van der Waals surface area contributed by atoms with E-state index in [2.05, 4.69) is 69.1 Å². The van der Waals surface area contributed by atoms with Crippen LogP contribution < -0.4 is 11.5 Å². The molecule has 2 aromatic rings. The van der Waals surface area contributed by atoms with E-state index < -0.39 is 0 Å². The number of nitrogens with two attached hydrogens (primary N) is 2. The van der Waals surface area contributed by atoms with Crippen molar-refractivity contribution in [3.63, 3.8) is 0 Å². The van der Waals surface area contributed by atoms with Crippen molar-refractivity contribution in [1.29, 1.82) is 0 Å². The maximum atomic E-state index is 13.4. The molecule has 1 heterocycles. The summed E-state index contributed by atoms with van der Waals surface area (Å²) in [6.45, 7) is 18.6. The molecule has 0 aliphatic carbocycles. The fourth-order valence-electron chi connectivity index (χ4n) is 3.36. The van der Waals surface area contributed by atoms with Crippen molar-refractivity contribution in [3.05, 3.63) is 103 Å². The van der Waals surface area contributed by atoms with Crippen molar-refractivity contribution in [2.24, 2.45) is 16.5 Å². The smallest absolute Gasteiger partial charge is 0.123 e. The highest BCUT2D eigenvalue weighted by molar-refractivity contribution is 5.78. The Morgan fingerprint density at radius 2 is 1.71 bits per heavy atom. The third-order valence-electron chi connectivity index (χ3n) is 5.21. The molecule has 5 heteroatoms. The van der Waals surface area contributed by atoms with Crippen LogP contribution in [0.2, 0.25) is 0 Å². The summed E-state index contributed by atoms with van der Waals surface area (Å²) in [5.74, 6) is 0.235. The topological polar surface area (TPSA) is 77.3 Å². The van der Waals surface area contributed by atoms with Crippen LogP contribution in [0.15, 0.2) is 85.3 Å². The van der Waals surface area contributed by atoms with Crippen LogP contribution >= 0.6 is 0 Å². The maximum Gasteiger partial charge on any atom is 0.123 e.